The van der Waals surface area contributed by atoms with E-state index in [4.69, 9.17) is 23.2 Å². The second-order valence-electron chi connectivity index (χ2n) is 2.62. The molecule has 0 aliphatic heterocycles. The third-order valence-electron chi connectivity index (χ3n) is 1.52. The molecule has 76 valence electrons. The van der Waals surface area contributed by atoms with E-state index in [-0.39, 0.29) is 5.91 Å². The summed E-state index contributed by atoms with van der Waals surface area (Å²) >= 11 is 14.7. The lowest BCUT2D eigenvalue weighted by Gasteiger charge is -2.04. The molecule has 1 aromatic rings. The Bertz CT molecular complexity index is 344. The summed E-state index contributed by atoms with van der Waals surface area (Å²) in [6.45, 7) is 0. The number of carbonyl (C=O) groups excluding carboxylic acids is 1. The van der Waals surface area contributed by atoms with Gasteiger partial charge in [0.25, 0.3) is 0 Å². The van der Waals surface area contributed by atoms with Gasteiger partial charge in [0, 0.05) is 17.4 Å². The average molecular weight is 297 g/mol. The first kappa shape index (κ1) is 11.8. The maximum Gasteiger partial charge on any atom is 0.225 e. The zero-order valence-corrected chi connectivity index (χ0v) is 10.3. The monoisotopic (exact) mass is 295 g/mol. The van der Waals surface area contributed by atoms with Crippen molar-refractivity contribution < 1.29 is 4.79 Å². The van der Waals surface area contributed by atoms with E-state index >= 15 is 0 Å². The molecule has 0 fully saturated rings. The largest absolute Gasteiger partial charge is 0.326 e. The number of carbonyl (C=O) groups is 1. The summed E-state index contributed by atoms with van der Waals surface area (Å²) in [4.78, 5) is 11.2. The van der Waals surface area contributed by atoms with E-state index in [0.717, 1.165) is 0 Å². The van der Waals surface area contributed by atoms with Crippen molar-refractivity contribution in [3.8, 4) is 0 Å². The molecule has 14 heavy (non-hydrogen) atoms. The van der Waals surface area contributed by atoms with E-state index in [1.165, 1.54) is 0 Å². The van der Waals surface area contributed by atoms with Crippen molar-refractivity contribution in [1.29, 1.82) is 0 Å². The van der Waals surface area contributed by atoms with Gasteiger partial charge in [-0.05, 0) is 18.2 Å². The van der Waals surface area contributed by atoms with Gasteiger partial charge in [-0.3, -0.25) is 4.79 Å². The van der Waals surface area contributed by atoms with Gasteiger partial charge in [0.15, 0.2) is 0 Å². The fourth-order valence-electron chi connectivity index (χ4n) is 0.883. The quantitative estimate of drug-likeness (QED) is 0.846. The minimum atomic E-state index is -0.0553. The summed E-state index contributed by atoms with van der Waals surface area (Å²) in [5.41, 5.74) is 0.658. The van der Waals surface area contributed by atoms with Crippen LogP contribution >= 0.6 is 39.1 Å². The van der Waals surface area contributed by atoms with Crippen LogP contribution in [0.4, 0.5) is 5.69 Å². The number of benzene rings is 1. The molecule has 0 aliphatic carbocycles. The highest BCUT2D eigenvalue weighted by Gasteiger charge is 2.03. The van der Waals surface area contributed by atoms with Crippen molar-refractivity contribution in [2.45, 2.75) is 6.42 Å². The van der Waals surface area contributed by atoms with Crippen molar-refractivity contribution in [2.24, 2.45) is 0 Å². The Hall–Kier alpha value is -0.250. The van der Waals surface area contributed by atoms with Gasteiger partial charge in [-0.2, -0.15) is 0 Å². The highest BCUT2D eigenvalue weighted by Crippen LogP contribution is 2.24. The van der Waals surface area contributed by atoms with Gasteiger partial charge in [-0.15, -0.1) is 0 Å². The number of hydrogen-bond acceptors (Lipinski definition) is 1. The molecule has 0 aromatic heterocycles. The van der Waals surface area contributed by atoms with Crippen molar-refractivity contribution in [3.63, 3.8) is 0 Å². The van der Waals surface area contributed by atoms with Crippen molar-refractivity contribution in [1.82, 2.24) is 0 Å². The summed E-state index contributed by atoms with van der Waals surface area (Å²) in [7, 11) is 0. The van der Waals surface area contributed by atoms with Crippen LogP contribution in [0.3, 0.4) is 0 Å². The molecule has 1 amide bonds. The van der Waals surface area contributed by atoms with E-state index in [2.05, 4.69) is 21.2 Å². The standard InChI is InChI=1S/C9H8BrCl2NO/c10-4-3-9(14)13-6-1-2-7(11)8(12)5-6/h1-2,5H,3-4H2,(H,13,14). The minimum absolute atomic E-state index is 0.0553. The number of nitrogens with one attached hydrogen (secondary N) is 1. The van der Waals surface area contributed by atoms with E-state index in [1.54, 1.807) is 18.2 Å². The second kappa shape index (κ2) is 5.59. The summed E-state index contributed by atoms with van der Waals surface area (Å²) in [5, 5.41) is 4.25. The Kier molecular flexibility index (Phi) is 4.72. The fourth-order valence-corrected chi connectivity index (χ4v) is 1.54. The molecular formula is C9H8BrCl2NO. The predicted molar refractivity (Wildman–Crippen MR) is 63.5 cm³/mol. The molecule has 1 aromatic carbocycles. The Balaban J connectivity index is 2.68. The van der Waals surface area contributed by atoms with Gasteiger partial charge in [0.1, 0.15) is 0 Å². The molecule has 1 rings (SSSR count). The molecule has 0 unspecified atom stereocenters. The predicted octanol–water partition coefficient (Wildman–Crippen LogP) is 3.72. The van der Waals surface area contributed by atoms with Crippen molar-refractivity contribution in [2.75, 3.05) is 10.6 Å². The van der Waals surface area contributed by atoms with Crippen LogP contribution in [-0.2, 0) is 4.79 Å². The number of rotatable bonds is 3. The van der Waals surface area contributed by atoms with Gasteiger partial charge < -0.3 is 5.32 Å². The SMILES string of the molecule is O=C(CCBr)Nc1ccc(Cl)c(Cl)c1. The van der Waals surface area contributed by atoms with Gasteiger partial charge >= 0.3 is 0 Å². The lowest BCUT2D eigenvalue weighted by molar-refractivity contribution is -0.115. The van der Waals surface area contributed by atoms with Crippen molar-refractivity contribution >= 4 is 50.7 Å². The third kappa shape index (κ3) is 3.48. The highest BCUT2D eigenvalue weighted by molar-refractivity contribution is 9.09. The third-order valence-corrected chi connectivity index (χ3v) is 2.66. The van der Waals surface area contributed by atoms with Crippen LogP contribution in [0.25, 0.3) is 0 Å². The highest BCUT2D eigenvalue weighted by atomic mass is 79.9. The Morgan fingerprint density at radius 1 is 1.36 bits per heavy atom. The van der Waals surface area contributed by atoms with Crippen LogP contribution in [0.2, 0.25) is 10.0 Å². The number of amides is 1. The molecule has 0 heterocycles. The minimum Gasteiger partial charge on any atom is -0.326 e. The van der Waals surface area contributed by atoms with Crippen LogP contribution in [-0.4, -0.2) is 11.2 Å². The van der Waals surface area contributed by atoms with Crippen LogP contribution in [0.5, 0.6) is 0 Å². The van der Waals surface area contributed by atoms with Gasteiger partial charge in [-0.1, -0.05) is 39.1 Å². The van der Waals surface area contributed by atoms with Crippen LogP contribution in [0, 0.1) is 0 Å². The zero-order chi connectivity index (χ0) is 10.6. The number of anilines is 1. The van der Waals surface area contributed by atoms with E-state index in [9.17, 15) is 4.79 Å². The molecule has 0 bridgehead atoms. The lowest BCUT2D eigenvalue weighted by Crippen LogP contribution is -2.11. The summed E-state index contributed by atoms with van der Waals surface area (Å²) in [6.07, 6.45) is 0.431. The Morgan fingerprint density at radius 3 is 2.64 bits per heavy atom. The number of hydrogen-bond donors (Lipinski definition) is 1. The van der Waals surface area contributed by atoms with Crippen molar-refractivity contribution in [3.05, 3.63) is 28.2 Å². The maximum absolute atomic E-state index is 11.2. The molecule has 0 saturated heterocycles. The van der Waals surface area contributed by atoms with E-state index in [0.29, 0.717) is 27.5 Å². The van der Waals surface area contributed by atoms with E-state index in [1.807, 2.05) is 0 Å². The number of alkyl halides is 1. The fraction of sp³-hybridized carbons (Fsp3) is 0.222. The molecule has 0 atom stereocenters. The van der Waals surface area contributed by atoms with E-state index < -0.39 is 0 Å². The Morgan fingerprint density at radius 2 is 2.07 bits per heavy atom. The Labute approximate surface area is 101 Å². The van der Waals surface area contributed by atoms with Crippen LogP contribution in [0.1, 0.15) is 6.42 Å². The number of halogens is 3. The first-order valence-electron chi connectivity index (χ1n) is 3.94. The summed E-state index contributed by atoms with van der Waals surface area (Å²) in [5.74, 6) is -0.0553. The smallest absolute Gasteiger partial charge is 0.225 e. The second-order valence-corrected chi connectivity index (χ2v) is 4.22. The molecule has 0 saturated carbocycles. The van der Waals surface area contributed by atoms with Crippen LogP contribution < -0.4 is 5.32 Å². The first-order valence-corrected chi connectivity index (χ1v) is 5.82. The summed E-state index contributed by atoms with van der Waals surface area (Å²) < 4.78 is 0. The molecule has 2 nitrogen and oxygen atoms in total. The molecule has 1 N–H and O–H groups in total. The zero-order valence-electron chi connectivity index (χ0n) is 7.19. The molecule has 5 heteroatoms. The lowest BCUT2D eigenvalue weighted by atomic mass is 10.3. The van der Waals surface area contributed by atoms with Gasteiger partial charge in [0.05, 0.1) is 10.0 Å². The molecular weight excluding hydrogens is 289 g/mol. The summed E-state index contributed by atoms with van der Waals surface area (Å²) in [6, 6.07) is 4.98. The normalized spacial score (nSPS) is 9.93. The maximum atomic E-state index is 11.2. The molecule has 0 spiro atoms. The average Bonchev–Trinajstić information content (AvgIpc) is 2.12. The topological polar surface area (TPSA) is 29.1 Å². The molecule has 0 radical (unpaired) electrons. The first-order chi connectivity index (χ1) is 6.63. The van der Waals surface area contributed by atoms with Gasteiger partial charge in [0.2, 0.25) is 5.91 Å². The van der Waals surface area contributed by atoms with Gasteiger partial charge in [-0.25, -0.2) is 0 Å². The molecule has 0 aliphatic rings. The van der Waals surface area contributed by atoms with Crippen LogP contribution in [0.15, 0.2) is 18.2 Å².